The number of carbonyl (C=O) groups excluding carboxylic acids is 2. The minimum atomic E-state index is -1.72. The Morgan fingerprint density at radius 1 is 0.761 bits per heavy atom. The number of benzene rings is 2. The molecular formula is C36H54AlCl3O6. The first-order valence-corrected chi connectivity index (χ1v) is 21.4. The van der Waals surface area contributed by atoms with E-state index in [1.54, 1.807) is 18.2 Å². The number of hydrogen-bond donors (Lipinski definition) is 3. The number of ether oxygens (including phenoxy) is 1. The minimum Gasteiger partial charge on any atom is -0.508 e. The zero-order chi connectivity index (χ0) is 33.5. The Morgan fingerprint density at radius 3 is 1.52 bits per heavy atom. The van der Waals surface area contributed by atoms with Gasteiger partial charge in [-0.25, -0.2) is 30.1 Å². The summed E-state index contributed by atoms with van der Waals surface area (Å²) in [5, 5.41) is 27.6. The van der Waals surface area contributed by atoms with Gasteiger partial charge in [-0.3, -0.25) is 9.59 Å². The molecule has 0 atom stereocenters. The summed E-state index contributed by atoms with van der Waals surface area (Å²) in [5.41, 5.74) is 3.25. The van der Waals surface area contributed by atoms with Crippen LogP contribution in [0.2, 0.25) is 0 Å². The summed E-state index contributed by atoms with van der Waals surface area (Å²) in [5.74, 6) is 2.78. The molecule has 2 fully saturated rings. The highest BCUT2D eigenvalue weighted by Crippen LogP contribution is 2.35. The van der Waals surface area contributed by atoms with Crippen LogP contribution in [-0.2, 0) is 0 Å². The number of Topliss-reactive ketones (excluding diaryl/α,β-unsaturated/α-hetero) is 2. The molecule has 0 bridgehead atoms. The maximum atomic E-state index is 12.7. The highest BCUT2D eigenvalue weighted by molar-refractivity contribution is 7.54. The first-order valence-electron chi connectivity index (χ1n) is 16.1. The molecule has 2 aliphatic rings. The van der Waals surface area contributed by atoms with E-state index in [2.05, 4.69) is 0 Å². The Balaban J connectivity index is 0.000000407. The van der Waals surface area contributed by atoms with Gasteiger partial charge in [-0.15, -0.1) is 0 Å². The number of aliphatic hydroxyl groups is 2. The topological polar surface area (TPSA) is 104 Å². The van der Waals surface area contributed by atoms with Crippen molar-refractivity contribution >= 4 is 53.1 Å². The van der Waals surface area contributed by atoms with E-state index in [9.17, 15) is 14.7 Å². The fourth-order valence-corrected chi connectivity index (χ4v) is 6.16. The van der Waals surface area contributed by atoms with E-state index in [1.165, 1.54) is 0 Å². The minimum absolute atomic E-state index is 0. The molecule has 4 rings (SSSR count). The van der Waals surface area contributed by atoms with Gasteiger partial charge in [0, 0.05) is 36.2 Å². The third kappa shape index (κ3) is 14.9. The van der Waals surface area contributed by atoms with Gasteiger partial charge in [-0.2, -0.15) is 0 Å². The van der Waals surface area contributed by atoms with Gasteiger partial charge in [-0.05, 0) is 127 Å². The smallest absolute Gasteiger partial charge is 0.508 e. The quantitative estimate of drug-likeness (QED) is 0.167. The molecule has 0 heterocycles. The molecule has 0 aliphatic heterocycles. The van der Waals surface area contributed by atoms with Crippen LogP contribution >= 0.6 is 30.1 Å². The van der Waals surface area contributed by atoms with Gasteiger partial charge in [0.25, 0.3) is 0 Å². The molecule has 0 spiro atoms. The second-order valence-corrected chi connectivity index (χ2v) is 19.0. The molecule has 10 heteroatoms. The normalized spacial score (nSPS) is 20.7. The van der Waals surface area contributed by atoms with Gasteiger partial charge in [0.15, 0.2) is 11.6 Å². The summed E-state index contributed by atoms with van der Waals surface area (Å²) in [4.78, 5) is 25.1. The fourth-order valence-electron chi connectivity index (χ4n) is 6.16. The lowest BCUT2D eigenvalue weighted by atomic mass is 9.77. The molecule has 6 nitrogen and oxygen atoms in total. The molecule has 2 aromatic carbocycles. The highest BCUT2D eigenvalue weighted by atomic mass is 35.8. The lowest BCUT2D eigenvalue weighted by Crippen LogP contribution is -2.22. The number of phenolic OH excluding ortho intramolecular Hbond substituents is 1. The molecule has 0 unspecified atom stereocenters. The Labute approximate surface area is 293 Å². The zero-order valence-corrected chi connectivity index (χ0v) is 30.5. The monoisotopic (exact) mass is 714 g/mol. The van der Waals surface area contributed by atoms with Crippen LogP contribution in [0.5, 0.6) is 11.5 Å². The summed E-state index contributed by atoms with van der Waals surface area (Å²) >= 11 is -1.72. The molecule has 46 heavy (non-hydrogen) atoms. The zero-order valence-electron chi connectivity index (χ0n) is 27.1. The molecule has 2 aromatic rings. The van der Waals surface area contributed by atoms with Crippen LogP contribution in [0.15, 0.2) is 36.4 Å². The maximum Gasteiger partial charge on any atom is 0.643 e. The predicted molar refractivity (Wildman–Crippen MR) is 193 cm³/mol. The van der Waals surface area contributed by atoms with Crippen LogP contribution in [0.25, 0.3) is 0 Å². The first kappa shape index (κ1) is 42.7. The van der Waals surface area contributed by atoms with Gasteiger partial charge in [0.1, 0.15) is 11.5 Å². The summed E-state index contributed by atoms with van der Waals surface area (Å²) in [7, 11) is 14.8. The Kier molecular flexibility index (Phi) is 20.8. The highest BCUT2D eigenvalue weighted by Gasteiger charge is 2.28. The van der Waals surface area contributed by atoms with Gasteiger partial charge in [-0.1, -0.05) is 31.7 Å². The molecular weight excluding hydrogens is 662 g/mol. The van der Waals surface area contributed by atoms with E-state index >= 15 is 0 Å². The van der Waals surface area contributed by atoms with Crippen molar-refractivity contribution in [1.82, 2.24) is 0 Å². The van der Waals surface area contributed by atoms with Crippen LogP contribution in [0.4, 0.5) is 0 Å². The van der Waals surface area contributed by atoms with Gasteiger partial charge in [0.2, 0.25) is 0 Å². The number of hydrogen-bond acceptors (Lipinski definition) is 6. The second kappa shape index (κ2) is 22.4. The number of carbonyl (C=O) groups is 2. The van der Waals surface area contributed by atoms with Crippen molar-refractivity contribution in [2.45, 2.75) is 105 Å². The lowest BCUT2D eigenvalue weighted by Gasteiger charge is -2.27. The summed E-state index contributed by atoms with van der Waals surface area (Å²) < 4.78 is 5.79. The third-order valence-electron chi connectivity index (χ3n) is 8.84. The van der Waals surface area contributed by atoms with E-state index in [4.69, 9.17) is 45.1 Å². The summed E-state index contributed by atoms with van der Waals surface area (Å²) in [6.45, 7) is 8.33. The Bertz CT molecular complexity index is 1190. The van der Waals surface area contributed by atoms with Crippen molar-refractivity contribution in [3.05, 3.63) is 58.7 Å². The fraction of sp³-hybridized carbons (Fsp3) is 0.611. The summed E-state index contributed by atoms with van der Waals surface area (Å²) in [6, 6.07) is 11.0. The van der Waals surface area contributed by atoms with Crippen LogP contribution in [0.3, 0.4) is 0 Å². The molecule has 0 radical (unpaired) electrons. The number of ketones is 2. The van der Waals surface area contributed by atoms with Gasteiger partial charge < -0.3 is 20.1 Å². The molecule has 0 aromatic heterocycles. The van der Waals surface area contributed by atoms with E-state index in [0.29, 0.717) is 17.4 Å². The average Bonchev–Trinajstić information content (AvgIpc) is 3.00. The molecule has 258 valence electrons. The van der Waals surface area contributed by atoms with Crippen molar-refractivity contribution in [2.24, 2.45) is 23.7 Å². The molecule has 0 amide bonds. The number of rotatable bonds is 10. The summed E-state index contributed by atoms with van der Waals surface area (Å²) in [6.07, 6.45) is 9.67. The average molecular weight is 716 g/mol. The van der Waals surface area contributed by atoms with E-state index in [1.807, 2.05) is 45.9 Å². The van der Waals surface area contributed by atoms with Crippen molar-refractivity contribution in [2.75, 3.05) is 13.2 Å². The number of phenols is 1. The Hall–Kier alpha value is -1.30. The van der Waals surface area contributed by atoms with E-state index in [-0.39, 0.29) is 55.9 Å². The number of halogens is 3. The van der Waals surface area contributed by atoms with Crippen molar-refractivity contribution in [3.63, 3.8) is 0 Å². The lowest BCUT2D eigenvalue weighted by molar-refractivity contribution is 0.0856. The van der Waals surface area contributed by atoms with Crippen molar-refractivity contribution in [1.29, 1.82) is 0 Å². The number of aryl methyl sites for hydroxylation is 2. The molecule has 2 saturated carbocycles. The van der Waals surface area contributed by atoms with Crippen LogP contribution < -0.4 is 4.74 Å². The van der Waals surface area contributed by atoms with E-state index in [0.717, 1.165) is 86.6 Å². The van der Waals surface area contributed by atoms with Gasteiger partial charge >= 0.3 is 11.4 Å². The molecule has 2 aliphatic carbocycles. The first-order chi connectivity index (χ1) is 21.4. The van der Waals surface area contributed by atoms with Crippen LogP contribution in [0, 0.1) is 37.5 Å². The number of aliphatic hydroxyl groups excluding tert-OH is 2. The van der Waals surface area contributed by atoms with Crippen molar-refractivity contribution in [3.8, 4) is 11.5 Å². The molecule has 0 saturated heterocycles. The molecule has 3 N–H and O–H groups in total. The van der Waals surface area contributed by atoms with Crippen molar-refractivity contribution < 1.29 is 29.6 Å². The van der Waals surface area contributed by atoms with Gasteiger partial charge in [0.05, 0.1) is 6.10 Å². The third-order valence-corrected chi connectivity index (χ3v) is 8.84. The number of aromatic hydroxyl groups is 1. The van der Waals surface area contributed by atoms with E-state index < -0.39 is 11.4 Å². The maximum absolute atomic E-state index is 12.7. The second-order valence-electron chi connectivity index (χ2n) is 12.6. The van der Waals surface area contributed by atoms with Crippen LogP contribution in [-0.4, -0.2) is 57.6 Å². The standard InChI is InChI=1S/C19H28O3.C16H22O3.CH4.Al.3ClH/c1-13(2)22-18-12-17(7-4-14(18)3)19(21)16-8-5-15(6-9-16)10-11-20;1-11-2-5-14(10-15(11)18)16(19)13-6-3-12(4-7-13)8-9-17;;;;;/h4,7,12-13,15-16,20H,5-6,8-11H2,1-3H3;2,5,10,12-13,17-18H,3-4,6-9H2,1H3;1H4;;3*1H/q;;;+3;;;/p-3. The largest absolute Gasteiger partial charge is 0.643 e. The Morgan fingerprint density at radius 2 is 1.15 bits per heavy atom. The predicted octanol–water partition coefficient (Wildman–Crippen LogP) is 9.55. The van der Waals surface area contributed by atoms with Crippen LogP contribution in [0.1, 0.15) is 117 Å². The SMILES string of the molecule is C.Cc1ccc(C(=O)C2CCC(CCO)CC2)cc1O.Cc1ccc(C(=O)C2CCC(CCO)CC2)cc1OC(C)C.[Cl][Al]([Cl])[Cl].